The molecular formula is C23H42N8O5. The number of hydrogen-bond acceptors (Lipinski definition) is 8. The second-order valence-corrected chi connectivity index (χ2v) is 9.15. The van der Waals surface area contributed by atoms with Gasteiger partial charge in [0, 0.05) is 18.3 Å². The van der Waals surface area contributed by atoms with Gasteiger partial charge >= 0.3 is 5.97 Å². The van der Waals surface area contributed by atoms with Crippen molar-refractivity contribution in [2.75, 3.05) is 13.1 Å². The molecule has 0 aliphatic carbocycles. The van der Waals surface area contributed by atoms with Gasteiger partial charge in [-0.3, -0.25) is 14.4 Å². The van der Waals surface area contributed by atoms with Crippen molar-refractivity contribution in [2.45, 2.75) is 83.0 Å². The fraction of sp³-hybridized carbons (Fsp3) is 0.696. The van der Waals surface area contributed by atoms with Crippen LogP contribution in [0.15, 0.2) is 12.5 Å². The fourth-order valence-corrected chi connectivity index (χ4v) is 3.55. The summed E-state index contributed by atoms with van der Waals surface area (Å²) in [6.07, 6.45) is 6.17. The Hall–Kier alpha value is -3.03. The third-order valence-corrected chi connectivity index (χ3v) is 5.73. The lowest BCUT2D eigenvalue weighted by Crippen LogP contribution is -2.58. The van der Waals surface area contributed by atoms with Crippen LogP contribution in [0.25, 0.3) is 0 Å². The highest BCUT2D eigenvalue weighted by molar-refractivity contribution is 5.94. The third-order valence-electron chi connectivity index (χ3n) is 5.73. The van der Waals surface area contributed by atoms with E-state index >= 15 is 0 Å². The number of carboxylic acids is 1. The van der Waals surface area contributed by atoms with E-state index in [0.29, 0.717) is 44.5 Å². The van der Waals surface area contributed by atoms with Crippen LogP contribution < -0.4 is 33.2 Å². The minimum Gasteiger partial charge on any atom is -0.480 e. The van der Waals surface area contributed by atoms with Gasteiger partial charge in [-0.25, -0.2) is 9.78 Å². The zero-order valence-corrected chi connectivity index (χ0v) is 21.2. The highest BCUT2D eigenvalue weighted by Crippen LogP contribution is 2.08. The van der Waals surface area contributed by atoms with E-state index in [9.17, 15) is 24.3 Å². The Morgan fingerprint density at radius 1 is 0.917 bits per heavy atom. The van der Waals surface area contributed by atoms with Gasteiger partial charge in [0.15, 0.2) is 0 Å². The van der Waals surface area contributed by atoms with Crippen molar-refractivity contribution < 1.29 is 24.3 Å². The molecule has 0 spiro atoms. The van der Waals surface area contributed by atoms with Crippen LogP contribution in [0.3, 0.4) is 0 Å². The molecule has 13 heteroatoms. The second-order valence-electron chi connectivity index (χ2n) is 9.15. The number of aromatic nitrogens is 2. The summed E-state index contributed by atoms with van der Waals surface area (Å²) in [5.74, 6) is -3.16. The second kappa shape index (κ2) is 16.6. The SMILES string of the molecule is CC(C)C(NC(=O)C(N)CCCCN)C(=O)NC(CCCCN)C(=O)NC(Cc1cnc[nH]1)C(=O)O. The van der Waals surface area contributed by atoms with Crippen LogP contribution in [0.5, 0.6) is 0 Å². The van der Waals surface area contributed by atoms with Gasteiger partial charge in [-0.05, 0) is 51.1 Å². The molecule has 4 unspecified atom stereocenters. The van der Waals surface area contributed by atoms with Gasteiger partial charge in [-0.1, -0.05) is 20.3 Å². The molecule has 0 aliphatic heterocycles. The van der Waals surface area contributed by atoms with Crippen molar-refractivity contribution >= 4 is 23.7 Å². The lowest BCUT2D eigenvalue weighted by molar-refractivity contribution is -0.142. The number of unbranched alkanes of at least 4 members (excludes halogenated alkanes) is 2. The van der Waals surface area contributed by atoms with Crippen LogP contribution in [-0.4, -0.2) is 76.0 Å². The Morgan fingerprint density at radius 3 is 2.06 bits per heavy atom. The maximum Gasteiger partial charge on any atom is 0.326 e. The number of aliphatic carboxylic acids is 1. The first-order valence-corrected chi connectivity index (χ1v) is 12.4. The summed E-state index contributed by atoms with van der Waals surface area (Å²) in [6, 6.07) is -3.95. The van der Waals surface area contributed by atoms with Gasteiger partial charge in [0.1, 0.15) is 18.1 Å². The number of H-pyrrole nitrogens is 1. The number of nitrogens with one attached hydrogen (secondary N) is 4. The summed E-state index contributed by atoms with van der Waals surface area (Å²) in [5, 5.41) is 17.4. The zero-order chi connectivity index (χ0) is 27.1. The molecule has 0 aliphatic rings. The van der Waals surface area contributed by atoms with Crippen molar-refractivity contribution in [3.8, 4) is 0 Å². The van der Waals surface area contributed by atoms with Gasteiger partial charge in [0.05, 0.1) is 12.4 Å². The van der Waals surface area contributed by atoms with Gasteiger partial charge < -0.3 is 43.2 Å². The molecule has 204 valence electrons. The summed E-state index contributed by atoms with van der Waals surface area (Å²) in [6.45, 7) is 4.44. The van der Waals surface area contributed by atoms with Crippen LogP contribution in [-0.2, 0) is 25.6 Å². The number of nitrogens with zero attached hydrogens (tertiary/aromatic N) is 1. The minimum absolute atomic E-state index is 0.00272. The number of amides is 3. The maximum absolute atomic E-state index is 13.1. The summed E-state index contributed by atoms with van der Waals surface area (Å²) in [4.78, 5) is 57.1. The van der Waals surface area contributed by atoms with Crippen LogP contribution in [0.1, 0.15) is 58.1 Å². The Kier molecular flexibility index (Phi) is 14.3. The molecule has 0 radical (unpaired) electrons. The molecule has 1 aromatic rings. The van der Waals surface area contributed by atoms with E-state index in [0.717, 1.165) is 6.42 Å². The number of nitrogens with two attached hydrogens (primary N) is 3. The van der Waals surface area contributed by atoms with E-state index in [4.69, 9.17) is 17.2 Å². The first-order valence-electron chi connectivity index (χ1n) is 12.4. The fourth-order valence-electron chi connectivity index (χ4n) is 3.55. The highest BCUT2D eigenvalue weighted by Gasteiger charge is 2.31. The van der Waals surface area contributed by atoms with Gasteiger partial charge in [0.25, 0.3) is 0 Å². The largest absolute Gasteiger partial charge is 0.480 e. The van der Waals surface area contributed by atoms with E-state index in [1.807, 2.05) is 0 Å². The predicted molar refractivity (Wildman–Crippen MR) is 134 cm³/mol. The Balaban J connectivity index is 2.90. The number of hydrogen-bond donors (Lipinski definition) is 8. The van der Waals surface area contributed by atoms with E-state index in [-0.39, 0.29) is 18.8 Å². The number of carbonyl (C=O) groups is 4. The van der Waals surface area contributed by atoms with Crippen LogP contribution >= 0.6 is 0 Å². The van der Waals surface area contributed by atoms with Crippen molar-refractivity contribution in [2.24, 2.45) is 23.1 Å². The highest BCUT2D eigenvalue weighted by atomic mass is 16.4. The van der Waals surface area contributed by atoms with Gasteiger partial charge in [-0.15, -0.1) is 0 Å². The molecule has 4 atom stereocenters. The first-order chi connectivity index (χ1) is 17.1. The van der Waals surface area contributed by atoms with E-state index in [2.05, 4.69) is 25.9 Å². The lowest BCUT2D eigenvalue weighted by Gasteiger charge is -2.27. The number of carbonyl (C=O) groups excluding carboxylic acids is 3. The Bertz CT molecular complexity index is 817. The minimum atomic E-state index is -1.22. The third kappa shape index (κ3) is 11.1. The monoisotopic (exact) mass is 510 g/mol. The summed E-state index contributed by atoms with van der Waals surface area (Å²) >= 11 is 0. The average molecular weight is 511 g/mol. The molecule has 36 heavy (non-hydrogen) atoms. The molecule has 0 fully saturated rings. The van der Waals surface area contributed by atoms with Gasteiger partial charge in [0.2, 0.25) is 17.7 Å². The summed E-state index contributed by atoms with van der Waals surface area (Å²) in [7, 11) is 0. The summed E-state index contributed by atoms with van der Waals surface area (Å²) < 4.78 is 0. The standard InChI is InChI=1S/C23H42N8O5/c1-14(2)19(31-20(32)16(26)7-3-5-9-24)22(34)29-17(8-4-6-10-25)21(33)30-18(23(35)36)11-15-12-27-13-28-15/h12-14,16-19H,3-11,24-26H2,1-2H3,(H,27,28)(H,29,34)(H,30,33)(H,31,32)(H,35,36). The normalized spacial score (nSPS) is 14.5. The molecule has 1 rings (SSSR count). The number of rotatable bonds is 18. The van der Waals surface area contributed by atoms with Crippen molar-refractivity contribution in [3.05, 3.63) is 18.2 Å². The number of carboxylic acid groups (broad SMARTS) is 1. The van der Waals surface area contributed by atoms with Crippen molar-refractivity contribution in [1.29, 1.82) is 0 Å². The van der Waals surface area contributed by atoms with Crippen LogP contribution in [0, 0.1) is 5.92 Å². The molecule has 0 aromatic carbocycles. The molecular weight excluding hydrogens is 468 g/mol. The lowest BCUT2D eigenvalue weighted by atomic mass is 10.0. The van der Waals surface area contributed by atoms with Crippen LogP contribution in [0.2, 0.25) is 0 Å². The first kappa shape index (κ1) is 31.0. The van der Waals surface area contributed by atoms with Crippen molar-refractivity contribution in [1.82, 2.24) is 25.9 Å². The van der Waals surface area contributed by atoms with E-state index < -0.39 is 47.9 Å². The van der Waals surface area contributed by atoms with Gasteiger partial charge in [-0.2, -0.15) is 0 Å². The molecule has 13 nitrogen and oxygen atoms in total. The molecule has 1 heterocycles. The Labute approximate surface area is 211 Å². The maximum atomic E-state index is 13.1. The molecule has 3 amide bonds. The predicted octanol–water partition coefficient (Wildman–Crippen LogP) is -1.27. The topological polar surface area (TPSA) is 231 Å². The van der Waals surface area contributed by atoms with E-state index in [1.165, 1.54) is 12.5 Å². The molecule has 0 saturated heterocycles. The molecule has 0 bridgehead atoms. The Morgan fingerprint density at radius 2 is 1.53 bits per heavy atom. The zero-order valence-electron chi connectivity index (χ0n) is 21.2. The molecule has 1 aromatic heterocycles. The molecule has 0 saturated carbocycles. The summed E-state index contributed by atoms with van der Waals surface area (Å²) in [5.41, 5.74) is 17.5. The van der Waals surface area contributed by atoms with E-state index in [1.54, 1.807) is 13.8 Å². The number of imidazole rings is 1. The number of aromatic amines is 1. The average Bonchev–Trinajstić information content (AvgIpc) is 3.34. The quantitative estimate of drug-likeness (QED) is 0.110. The smallest absolute Gasteiger partial charge is 0.326 e. The van der Waals surface area contributed by atoms with Crippen LogP contribution in [0.4, 0.5) is 0 Å². The molecule has 11 N–H and O–H groups in total. The van der Waals surface area contributed by atoms with Crippen molar-refractivity contribution in [3.63, 3.8) is 0 Å².